The van der Waals surface area contributed by atoms with Crippen LogP contribution in [-0.4, -0.2) is 36.7 Å². The molecule has 2 aliphatic heterocycles. The predicted octanol–water partition coefficient (Wildman–Crippen LogP) is 2.44. The van der Waals surface area contributed by atoms with E-state index in [2.05, 4.69) is 36.1 Å². The van der Waals surface area contributed by atoms with Gasteiger partial charge in [-0.2, -0.15) is 0 Å². The lowest BCUT2D eigenvalue weighted by Gasteiger charge is -2.41. The van der Waals surface area contributed by atoms with Gasteiger partial charge in [0.2, 0.25) is 0 Å². The van der Waals surface area contributed by atoms with Crippen molar-refractivity contribution in [1.82, 2.24) is 4.90 Å². The van der Waals surface area contributed by atoms with Crippen molar-refractivity contribution in [1.29, 1.82) is 0 Å². The van der Waals surface area contributed by atoms with Gasteiger partial charge in [0.1, 0.15) is 11.9 Å². The van der Waals surface area contributed by atoms with Crippen LogP contribution in [0.2, 0.25) is 0 Å². The van der Waals surface area contributed by atoms with Gasteiger partial charge in [-0.05, 0) is 36.9 Å². The molecule has 20 heavy (non-hydrogen) atoms. The van der Waals surface area contributed by atoms with Crippen LogP contribution in [0.25, 0.3) is 0 Å². The van der Waals surface area contributed by atoms with Gasteiger partial charge >= 0.3 is 0 Å². The molecule has 1 aromatic rings. The molecule has 1 aromatic carbocycles. The summed E-state index contributed by atoms with van der Waals surface area (Å²) in [6.45, 7) is 5.26. The lowest BCUT2D eigenvalue weighted by molar-refractivity contribution is 0.0578. The smallest absolute Gasteiger partial charge is 0.123 e. The van der Waals surface area contributed by atoms with Crippen LogP contribution < -0.4 is 10.5 Å². The number of hydrogen-bond acceptors (Lipinski definition) is 3. The second kappa shape index (κ2) is 6.15. The van der Waals surface area contributed by atoms with Crippen molar-refractivity contribution in [3.63, 3.8) is 0 Å². The minimum atomic E-state index is 0.303. The van der Waals surface area contributed by atoms with E-state index in [9.17, 15) is 0 Å². The van der Waals surface area contributed by atoms with E-state index >= 15 is 0 Å². The molecule has 3 atom stereocenters. The van der Waals surface area contributed by atoms with Crippen LogP contribution in [0.3, 0.4) is 0 Å². The van der Waals surface area contributed by atoms with E-state index in [4.69, 9.17) is 10.5 Å². The fourth-order valence-electron chi connectivity index (χ4n) is 3.87. The van der Waals surface area contributed by atoms with E-state index in [0.29, 0.717) is 12.1 Å². The Morgan fingerprint density at radius 3 is 2.95 bits per heavy atom. The highest BCUT2D eigenvalue weighted by atomic mass is 16.5. The third-order valence-corrected chi connectivity index (χ3v) is 4.95. The van der Waals surface area contributed by atoms with E-state index in [1.807, 2.05) is 0 Å². The van der Waals surface area contributed by atoms with Crippen molar-refractivity contribution >= 4 is 0 Å². The fraction of sp³-hybridized carbons (Fsp3) is 0.647. The molecule has 3 heteroatoms. The first-order valence-corrected chi connectivity index (χ1v) is 8.00. The molecule has 0 saturated carbocycles. The molecule has 3 unspecified atom stereocenters. The van der Waals surface area contributed by atoms with Gasteiger partial charge in [-0.15, -0.1) is 0 Å². The Hall–Kier alpha value is -1.06. The molecule has 3 nitrogen and oxygen atoms in total. The van der Waals surface area contributed by atoms with E-state index in [-0.39, 0.29) is 0 Å². The maximum absolute atomic E-state index is 6.09. The van der Waals surface area contributed by atoms with Crippen LogP contribution in [0.1, 0.15) is 31.7 Å². The summed E-state index contributed by atoms with van der Waals surface area (Å²) in [4.78, 5) is 2.58. The van der Waals surface area contributed by atoms with Crippen LogP contribution in [0.15, 0.2) is 24.3 Å². The average molecular weight is 274 g/mol. The second-order valence-electron chi connectivity index (χ2n) is 6.16. The van der Waals surface area contributed by atoms with Crippen LogP contribution in [-0.2, 0) is 6.42 Å². The van der Waals surface area contributed by atoms with E-state index < -0.39 is 0 Å². The Bertz CT molecular complexity index is 423. The highest BCUT2D eigenvalue weighted by molar-refractivity contribution is 5.37. The molecule has 3 rings (SSSR count). The van der Waals surface area contributed by atoms with Crippen LogP contribution >= 0.6 is 0 Å². The molecule has 0 bridgehead atoms. The zero-order valence-corrected chi connectivity index (χ0v) is 12.4. The summed E-state index contributed by atoms with van der Waals surface area (Å²) in [6.07, 6.45) is 5.22. The van der Waals surface area contributed by atoms with Gasteiger partial charge < -0.3 is 10.5 Å². The molecule has 1 fully saturated rings. The van der Waals surface area contributed by atoms with E-state index in [1.165, 1.54) is 31.4 Å². The Morgan fingerprint density at radius 1 is 1.35 bits per heavy atom. The first-order chi connectivity index (χ1) is 9.81. The molecular formula is C17H26N2O. The SMILES string of the molecule is CCC1CCCN(CC2Cc3ccccc3O2)C1CN. The van der Waals surface area contributed by atoms with E-state index in [1.54, 1.807) is 0 Å². The van der Waals surface area contributed by atoms with Gasteiger partial charge in [-0.25, -0.2) is 0 Å². The third kappa shape index (κ3) is 2.70. The highest BCUT2D eigenvalue weighted by Gasteiger charge is 2.32. The first-order valence-electron chi connectivity index (χ1n) is 8.00. The van der Waals surface area contributed by atoms with Gasteiger partial charge in [0.15, 0.2) is 0 Å². The minimum absolute atomic E-state index is 0.303. The lowest BCUT2D eigenvalue weighted by atomic mass is 9.87. The Labute approximate surface area is 122 Å². The number of para-hydroxylation sites is 1. The van der Waals surface area contributed by atoms with Crippen LogP contribution in [0, 0.1) is 5.92 Å². The largest absolute Gasteiger partial charge is 0.488 e. The maximum Gasteiger partial charge on any atom is 0.123 e. The number of nitrogens with zero attached hydrogens (tertiary/aromatic N) is 1. The lowest BCUT2D eigenvalue weighted by Crippen LogP contribution is -2.52. The van der Waals surface area contributed by atoms with Crippen molar-refractivity contribution in [3.05, 3.63) is 29.8 Å². The number of hydrogen-bond donors (Lipinski definition) is 1. The summed E-state index contributed by atoms with van der Waals surface area (Å²) >= 11 is 0. The normalized spacial score (nSPS) is 30.0. The Morgan fingerprint density at radius 2 is 2.20 bits per heavy atom. The Balaban J connectivity index is 1.63. The third-order valence-electron chi connectivity index (χ3n) is 4.95. The zero-order valence-electron chi connectivity index (χ0n) is 12.4. The summed E-state index contributed by atoms with van der Waals surface area (Å²) in [5, 5.41) is 0. The summed E-state index contributed by atoms with van der Waals surface area (Å²) < 4.78 is 6.09. The van der Waals surface area contributed by atoms with Crippen LogP contribution in [0.4, 0.5) is 0 Å². The molecule has 0 radical (unpaired) electrons. The molecule has 2 N–H and O–H groups in total. The number of rotatable bonds is 4. The summed E-state index contributed by atoms with van der Waals surface area (Å²) in [5.41, 5.74) is 7.39. The van der Waals surface area contributed by atoms with Gasteiger partial charge in [0.25, 0.3) is 0 Å². The highest BCUT2D eigenvalue weighted by Crippen LogP contribution is 2.31. The van der Waals surface area contributed by atoms with Crippen molar-refractivity contribution in [3.8, 4) is 5.75 Å². The summed E-state index contributed by atoms with van der Waals surface area (Å²) in [7, 11) is 0. The second-order valence-corrected chi connectivity index (χ2v) is 6.16. The van der Waals surface area contributed by atoms with Crippen molar-refractivity contribution in [2.75, 3.05) is 19.6 Å². The fourth-order valence-corrected chi connectivity index (χ4v) is 3.87. The topological polar surface area (TPSA) is 38.5 Å². The van der Waals surface area contributed by atoms with Crippen molar-refractivity contribution in [2.45, 2.75) is 44.8 Å². The number of ether oxygens (including phenoxy) is 1. The average Bonchev–Trinajstić information content (AvgIpc) is 2.89. The molecule has 2 aliphatic rings. The molecule has 0 spiro atoms. The maximum atomic E-state index is 6.09. The molecule has 2 heterocycles. The standard InChI is InChI=1S/C17H26N2O/c1-2-13-7-5-9-19(16(13)11-18)12-15-10-14-6-3-4-8-17(14)20-15/h3-4,6,8,13,15-16H,2,5,7,9-12,18H2,1H3. The molecule has 1 saturated heterocycles. The van der Waals surface area contributed by atoms with Crippen molar-refractivity contribution in [2.24, 2.45) is 11.7 Å². The van der Waals surface area contributed by atoms with Gasteiger partial charge in [0.05, 0.1) is 0 Å². The number of nitrogens with two attached hydrogens (primary N) is 1. The quantitative estimate of drug-likeness (QED) is 0.916. The van der Waals surface area contributed by atoms with Gasteiger partial charge in [-0.3, -0.25) is 4.90 Å². The molecule has 110 valence electrons. The zero-order chi connectivity index (χ0) is 13.9. The summed E-state index contributed by atoms with van der Waals surface area (Å²) in [5.74, 6) is 1.84. The molecule has 0 aliphatic carbocycles. The molecule has 0 aromatic heterocycles. The minimum Gasteiger partial charge on any atom is -0.488 e. The van der Waals surface area contributed by atoms with E-state index in [0.717, 1.165) is 31.2 Å². The van der Waals surface area contributed by atoms with Crippen LogP contribution in [0.5, 0.6) is 5.75 Å². The number of piperidine rings is 1. The Kier molecular flexibility index (Phi) is 4.27. The number of likely N-dealkylation sites (tertiary alicyclic amines) is 1. The molecule has 0 amide bonds. The van der Waals surface area contributed by atoms with Gasteiger partial charge in [0, 0.05) is 25.6 Å². The molecular weight excluding hydrogens is 248 g/mol. The summed E-state index contributed by atoms with van der Waals surface area (Å²) in [6, 6.07) is 8.96. The first kappa shape index (κ1) is 13.9. The number of benzene rings is 1. The van der Waals surface area contributed by atoms with Gasteiger partial charge in [-0.1, -0.05) is 31.5 Å². The number of fused-ring (bicyclic) bond motifs is 1. The predicted molar refractivity (Wildman–Crippen MR) is 82.0 cm³/mol. The monoisotopic (exact) mass is 274 g/mol. The van der Waals surface area contributed by atoms with Crippen molar-refractivity contribution < 1.29 is 4.74 Å².